The lowest BCUT2D eigenvalue weighted by atomic mass is 10.0. The van der Waals surface area contributed by atoms with E-state index in [0.29, 0.717) is 12.4 Å². The summed E-state index contributed by atoms with van der Waals surface area (Å²) in [6.45, 7) is 8.92. The van der Waals surface area contributed by atoms with Gasteiger partial charge in [0.25, 0.3) is 0 Å². The summed E-state index contributed by atoms with van der Waals surface area (Å²) in [4.78, 5) is 0. The largest absolute Gasteiger partial charge is 0.379 e. The minimum Gasteiger partial charge on any atom is -0.379 e. The van der Waals surface area contributed by atoms with Crippen LogP contribution in [0.25, 0.3) is 0 Å². The Kier molecular flexibility index (Phi) is 8.29. The molecule has 0 N–H and O–H groups in total. The third kappa shape index (κ3) is 11.0. The standard InChI is InChI=1S/C12H25Cl3O2S/c1-11(2,16-5)8-9-17-12(3,4)7-6-10-18(13,14)15/h6-10H2,1-5H3. The Morgan fingerprint density at radius 2 is 1.50 bits per heavy atom. The van der Waals surface area contributed by atoms with E-state index >= 15 is 0 Å². The molecule has 0 saturated heterocycles. The highest BCUT2D eigenvalue weighted by Crippen LogP contribution is 2.63. The predicted octanol–water partition coefficient (Wildman–Crippen LogP) is 5.64. The molecule has 0 aromatic rings. The van der Waals surface area contributed by atoms with Crippen molar-refractivity contribution < 1.29 is 9.47 Å². The summed E-state index contributed by atoms with van der Waals surface area (Å²) in [5.74, 6) is 0.633. The SMILES string of the molecule is COC(C)(C)CCOC(C)(C)CCCS(Cl)(Cl)Cl. The fraction of sp³-hybridized carbons (Fsp3) is 1.00. The van der Waals surface area contributed by atoms with E-state index in [1.54, 1.807) is 7.11 Å². The van der Waals surface area contributed by atoms with Crippen LogP contribution in [0.2, 0.25) is 0 Å². The van der Waals surface area contributed by atoms with Gasteiger partial charge in [0, 0.05) is 12.9 Å². The predicted molar refractivity (Wildman–Crippen MR) is 85.0 cm³/mol. The second-order valence-electron chi connectivity index (χ2n) is 5.63. The van der Waals surface area contributed by atoms with E-state index in [4.69, 9.17) is 41.5 Å². The lowest BCUT2D eigenvalue weighted by Gasteiger charge is -2.29. The molecule has 0 bridgehead atoms. The Balaban J connectivity index is 3.87. The van der Waals surface area contributed by atoms with Crippen molar-refractivity contribution in [3.8, 4) is 0 Å². The zero-order valence-electron chi connectivity index (χ0n) is 11.9. The van der Waals surface area contributed by atoms with Crippen molar-refractivity contribution in [2.24, 2.45) is 0 Å². The van der Waals surface area contributed by atoms with E-state index in [2.05, 4.69) is 27.7 Å². The number of methoxy groups -OCH3 is 1. The van der Waals surface area contributed by atoms with Gasteiger partial charge in [0.1, 0.15) is 0 Å². The van der Waals surface area contributed by atoms with E-state index in [-0.39, 0.29) is 11.2 Å². The van der Waals surface area contributed by atoms with E-state index in [9.17, 15) is 0 Å². The fourth-order valence-corrected chi connectivity index (χ4v) is 2.86. The van der Waals surface area contributed by atoms with Crippen LogP contribution in [-0.4, -0.2) is 30.7 Å². The summed E-state index contributed by atoms with van der Waals surface area (Å²) in [6.07, 6.45) is 2.62. The van der Waals surface area contributed by atoms with E-state index in [0.717, 1.165) is 19.3 Å². The lowest BCUT2D eigenvalue weighted by molar-refractivity contribution is -0.0611. The molecular formula is C12H25Cl3O2S. The van der Waals surface area contributed by atoms with Crippen molar-refractivity contribution >= 4 is 39.7 Å². The molecule has 0 rings (SSSR count). The molecule has 112 valence electrons. The maximum Gasteiger partial charge on any atom is 0.0644 e. The molecular weight excluding hydrogens is 315 g/mol. The number of hydrogen-bond donors (Lipinski definition) is 0. The smallest absolute Gasteiger partial charge is 0.0644 e. The topological polar surface area (TPSA) is 18.5 Å². The van der Waals surface area contributed by atoms with Gasteiger partial charge in [0.2, 0.25) is 0 Å². The summed E-state index contributed by atoms with van der Waals surface area (Å²) < 4.78 is 11.2. The molecule has 0 saturated carbocycles. The molecule has 0 atom stereocenters. The summed E-state index contributed by atoms with van der Waals surface area (Å²) in [7, 11) is 17.2. The van der Waals surface area contributed by atoms with Gasteiger partial charge in [-0.05, 0) is 86.7 Å². The van der Waals surface area contributed by atoms with Gasteiger partial charge < -0.3 is 9.47 Å². The average molecular weight is 340 g/mol. The molecule has 0 heterocycles. The van der Waals surface area contributed by atoms with Crippen LogP contribution in [0.1, 0.15) is 47.0 Å². The lowest BCUT2D eigenvalue weighted by Crippen LogP contribution is -2.30. The van der Waals surface area contributed by atoms with Gasteiger partial charge in [-0.1, -0.05) is 0 Å². The van der Waals surface area contributed by atoms with Crippen molar-refractivity contribution in [3.63, 3.8) is 0 Å². The second-order valence-corrected chi connectivity index (χ2v) is 13.2. The highest BCUT2D eigenvalue weighted by atomic mass is 36.2. The molecule has 0 aromatic heterocycles. The molecule has 0 aromatic carbocycles. The molecule has 0 aliphatic rings. The first-order valence-electron chi connectivity index (χ1n) is 6.06. The van der Waals surface area contributed by atoms with Crippen LogP contribution in [-0.2, 0) is 9.47 Å². The monoisotopic (exact) mass is 338 g/mol. The molecule has 0 aliphatic heterocycles. The Labute approximate surface area is 126 Å². The Morgan fingerprint density at radius 1 is 0.944 bits per heavy atom. The molecule has 18 heavy (non-hydrogen) atoms. The van der Waals surface area contributed by atoms with Crippen molar-refractivity contribution in [1.82, 2.24) is 0 Å². The zero-order chi connectivity index (χ0) is 14.4. The summed E-state index contributed by atoms with van der Waals surface area (Å²) >= 11 is 0. The maximum absolute atomic E-state index is 5.88. The average Bonchev–Trinajstić information content (AvgIpc) is 2.14. The van der Waals surface area contributed by atoms with Crippen molar-refractivity contribution in [2.45, 2.75) is 58.2 Å². The van der Waals surface area contributed by atoms with Gasteiger partial charge in [-0.2, -0.15) is 0 Å². The first-order valence-corrected chi connectivity index (χ1v) is 10.3. The molecule has 2 nitrogen and oxygen atoms in total. The van der Waals surface area contributed by atoms with Gasteiger partial charge in [-0.25, -0.2) is 0 Å². The summed E-state index contributed by atoms with van der Waals surface area (Å²) in [6, 6.07) is 0. The quantitative estimate of drug-likeness (QED) is 0.541. The van der Waals surface area contributed by atoms with Crippen LogP contribution in [0.3, 0.4) is 0 Å². The molecule has 0 spiro atoms. The molecule has 0 fully saturated rings. The Morgan fingerprint density at radius 3 is 1.94 bits per heavy atom. The van der Waals surface area contributed by atoms with Gasteiger partial charge in [0.05, 0.1) is 17.8 Å². The number of halogens is 3. The third-order valence-electron chi connectivity index (χ3n) is 2.90. The summed E-state index contributed by atoms with van der Waals surface area (Å²) in [5, 5.41) is 0. The van der Waals surface area contributed by atoms with Gasteiger partial charge in [0.15, 0.2) is 0 Å². The molecule has 0 amide bonds. The normalized spacial score (nSPS) is 14.9. The minimum absolute atomic E-state index is 0.141. The first kappa shape index (κ1) is 19.1. The third-order valence-corrected chi connectivity index (χ3v) is 5.04. The highest BCUT2D eigenvalue weighted by molar-refractivity contribution is 8.79. The van der Waals surface area contributed by atoms with Crippen molar-refractivity contribution in [2.75, 3.05) is 19.5 Å². The van der Waals surface area contributed by atoms with Crippen LogP contribution in [0.15, 0.2) is 0 Å². The fourth-order valence-electron chi connectivity index (χ4n) is 1.41. The van der Waals surface area contributed by atoms with Crippen molar-refractivity contribution in [1.29, 1.82) is 0 Å². The van der Waals surface area contributed by atoms with Crippen LogP contribution >= 0.6 is 39.7 Å². The van der Waals surface area contributed by atoms with Crippen molar-refractivity contribution in [3.05, 3.63) is 0 Å². The van der Waals surface area contributed by atoms with Crippen LogP contribution in [0.5, 0.6) is 0 Å². The van der Waals surface area contributed by atoms with Gasteiger partial charge >= 0.3 is 0 Å². The maximum atomic E-state index is 5.88. The Bertz CT molecular complexity index is 240. The number of hydrogen-bond acceptors (Lipinski definition) is 2. The Hall–Kier alpha value is 1.14. The van der Waals surface area contributed by atoms with E-state index in [1.807, 2.05) is 0 Å². The van der Waals surface area contributed by atoms with Gasteiger partial charge in [-0.3, -0.25) is 0 Å². The zero-order valence-corrected chi connectivity index (χ0v) is 15.0. The summed E-state index contributed by atoms with van der Waals surface area (Å²) in [5.41, 5.74) is -0.322. The highest BCUT2D eigenvalue weighted by Gasteiger charge is 2.23. The van der Waals surface area contributed by atoms with Crippen LogP contribution < -0.4 is 0 Å². The molecule has 0 radical (unpaired) electrons. The number of ether oxygens (including phenoxy) is 2. The van der Waals surface area contributed by atoms with Crippen LogP contribution in [0.4, 0.5) is 0 Å². The first-order chi connectivity index (χ1) is 7.97. The number of rotatable bonds is 9. The molecule has 0 aliphatic carbocycles. The molecule has 0 unspecified atom stereocenters. The minimum atomic E-state index is -1.95. The molecule has 6 heteroatoms. The van der Waals surface area contributed by atoms with E-state index in [1.165, 1.54) is 0 Å². The van der Waals surface area contributed by atoms with Gasteiger partial charge in [-0.15, -0.1) is 0 Å². The van der Waals surface area contributed by atoms with Crippen LogP contribution in [0, 0.1) is 0 Å². The second kappa shape index (κ2) is 7.80. The van der Waals surface area contributed by atoms with E-state index < -0.39 is 7.67 Å².